The normalized spacial score (nSPS) is 33.3. The molecule has 106 valence electrons. The van der Waals surface area contributed by atoms with E-state index in [1.165, 1.54) is 38.5 Å². The summed E-state index contributed by atoms with van der Waals surface area (Å²) in [5, 5.41) is 3.57. The molecule has 0 radical (unpaired) electrons. The van der Waals surface area contributed by atoms with Gasteiger partial charge in [0.2, 0.25) is 0 Å². The van der Waals surface area contributed by atoms with Crippen LogP contribution in [-0.2, 0) is 9.47 Å². The number of rotatable bonds is 7. The van der Waals surface area contributed by atoms with Crippen molar-refractivity contribution in [1.82, 2.24) is 5.32 Å². The van der Waals surface area contributed by atoms with Crippen LogP contribution in [0.15, 0.2) is 0 Å². The van der Waals surface area contributed by atoms with Gasteiger partial charge in [0.15, 0.2) is 0 Å². The lowest BCUT2D eigenvalue weighted by molar-refractivity contribution is -0.170. The molecular weight excluding hydrogens is 226 g/mol. The Bertz CT molecular complexity index is 229. The van der Waals surface area contributed by atoms with Gasteiger partial charge in [-0.15, -0.1) is 0 Å². The Kier molecular flexibility index (Phi) is 5.93. The molecule has 0 spiro atoms. The lowest BCUT2D eigenvalue weighted by Crippen LogP contribution is -2.61. The van der Waals surface area contributed by atoms with E-state index in [1.54, 1.807) is 0 Å². The maximum atomic E-state index is 6.24. The highest BCUT2D eigenvalue weighted by Crippen LogP contribution is 2.31. The van der Waals surface area contributed by atoms with E-state index >= 15 is 0 Å². The molecule has 1 N–H and O–H groups in total. The molecule has 2 aliphatic carbocycles. The van der Waals surface area contributed by atoms with E-state index in [0.717, 1.165) is 19.6 Å². The molecule has 0 aliphatic heterocycles. The minimum absolute atomic E-state index is 0.281. The number of hydrogen-bond donors (Lipinski definition) is 1. The summed E-state index contributed by atoms with van der Waals surface area (Å²) in [5.41, 5.74) is 0. The Labute approximate surface area is 112 Å². The summed E-state index contributed by atoms with van der Waals surface area (Å²) < 4.78 is 12.1. The molecule has 0 amide bonds. The van der Waals surface area contributed by atoms with E-state index in [4.69, 9.17) is 9.47 Å². The summed E-state index contributed by atoms with van der Waals surface area (Å²) in [6.07, 6.45) is 10.0. The molecule has 2 saturated carbocycles. The fourth-order valence-electron chi connectivity index (χ4n) is 3.11. The van der Waals surface area contributed by atoms with Crippen LogP contribution in [-0.4, -0.2) is 37.5 Å². The highest BCUT2D eigenvalue weighted by Gasteiger charge is 2.43. The Balaban J connectivity index is 1.74. The molecule has 2 rings (SSSR count). The largest absolute Gasteiger partial charge is 0.374 e. The van der Waals surface area contributed by atoms with Gasteiger partial charge < -0.3 is 14.8 Å². The van der Waals surface area contributed by atoms with E-state index in [9.17, 15) is 0 Å². The maximum absolute atomic E-state index is 6.24. The molecule has 0 heterocycles. The van der Waals surface area contributed by atoms with Gasteiger partial charge >= 0.3 is 0 Å². The molecule has 0 aromatic rings. The van der Waals surface area contributed by atoms with Gasteiger partial charge in [0, 0.05) is 12.6 Å². The molecule has 0 aromatic heterocycles. The van der Waals surface area contributed by atoms with Crippen molar-refractivity contribution in [1.29, 1.82) is 0 Å². The van der Waals surface area contributed by atoms with Crippen LogP contribution in [0.25, 0.3) is 0 Å². The minimum Gasteiger partial charge on any atom is -0.374 e. The zero-order valence-corrected chi connectivity index (χ0v) is 12.0. The molecular formula is C15H29NO2. The minimum atomic E-state index is 0.281. The van der Waals surface area contributed by atoms with Crippen LogP contribution in [0.5, 0.6) is 0 Å². The first kappa shape index (κ1) is 14.3. The molecule has 0 aromatic carbocycles. The average Bonchev–Trinajstić information content (AvgIpc) is 2.40. The van der Waals surface area contributed by atoms with Crippen LogP contribution < -0.4 is 5.32 Å². The number of nitrogens with one attached hydrogen (secondary N) is 1. The summed E-state index contributed by atoms with van der Waals surface area (Å²) in [6.45, 7) is 6.16. The van der Waals surface area contributed by atoms with Gasteiger partial charge in [0.1, 0.15) is 0 Å². The van der Waals surface area contributed by atoms with Crippen molar-refractivity contribution in [2.24, 2.45) is 0 Å². The molecule has 0 saturated heterocycles. The van der Waals surface area contributed by atoms with Crippen molar-refractivity contribution in [3.63, 3.8) is 0 Å². The van der Waals surface area contributed by atoms with Crippen molar-refractivity contribution in [2.45, 2.75) is 83.1 Å². The molecule has 18 heavy (non-hydrogen) atoms. The van der Waals surface area contributed by atoms with Crippen LogP contribution >= 0.6 is 0 Å². The number of ether oxygens (including phenoxy) is 2. The molecule has 0 bridgehead atoms. The second-order valence-corrected chi connectivity index (χ2v) is 5.65. The lowest BCUT2D eigenvalue weighted by Gasteiger charge is -2.46. The lowest BCUT2D eigenvalue weighted by atomic mass is 9.84. The first-order valence-corrected chi connectivity index (χ1v) is 7.85. The zero-order chi connectivity index (χ0) is 12.8. The molecule has 3 unspecified atom stereocenters. The Morgan fingerprint density at radius 3 is 2.56 bits per heavy atom. The van der Waals surface area contributed by atoms with Crippen LogP contribution in [0, 0.1) is 0 Å². The summed E-state index contributed by atoms with van der Waals surface area (Å²) in [6, 6.07) is 0.512. The van der Waals surface area contributed by atoms with Gasteiger partial charge in [-0.3, -0.25) is 0 Å². The highest BCUT2D eigenvalue weighted by molar-refractivity contribution is 4.97. The molecule has 3 atom stereocenters. The predicted octanol–water partition coefficient (Wildman–Crippen LogP) is 2.88. The van der Waals surface area contributed by atoms with Gasteiger partial charge in [-0.1, -0.05) is 26.2 Å². The summed E-state index contributed by atoms with van der Waals surface area (Å²) in [5.74, 6) is 0. The average molecular weight is 255 g/mol. The SMILES string of the molecule is CCCNC1CC(OC2CCCCC2)C1OCC. The van der Waals surface area contributed by atoms with Gasteiger partial charge in [-0.2, -0.15) is 0 Å². The summed E-state index contributed by atoms with van der Waals surface area (Å²) in [4.78, 5) is 0. The monoisotopic (exact) mass is 255 g/mol. The van der Waals surface area contributed by atoms with Crippen molar-refractivity contribution in [3.05, 3.63) is 0 Å². The first-order valence-electron chi connectivity index (χ1n) is 7.85. The predicted molar refractivity (Wildman–Crippen MR) is 73.9 cm³/mol. The molecule has 2 aliphatic rings. The first-order chi connectivity index (χ1) is 8.85. The third-order valence-electron chi connectivity index (χ3n) is 4.18. The third-order valence-corrected chi connectivity index (χ3v) is 4.18. The fraction of sp³-hybridized carbons (Fsp3) is 1.00. The van der Waals surface area contributed by atoms with Gasteiger partial charge in [0.05, 0.1) is 18.3 Å². The topological polar surface area (TPSA) is 30.5 Å². The van der Waals surface area contributed by atoms with E-state index < -0.39 is 0 Å². The van der Waals surface area contributed by atoms with Crippen LogP contribution in [0.4, 0.5) is 0 Å². The Hall–Kier alpha value is -0.120. The van der Waals surface area contributed by atoms with E-state index in [0.29, 0.717) is 18.2 Å². The van der Waals surface area contributed by atoms with Gasteiger partial charge in [0.25, 0.3) is 0 Å². The standard InChI is InChI=1S/C15H29NO2/c1-3-10-16-13-11-14(15(13)17-4-2)18-12-8-6-5-7-9-12/h12-16H,3-11H2,1-2H3. The highest BCUT2D eigenvalue weighted by atomic mass is 16.6. The maximum Gasteiger partial charge on any atom is 0.0990 e. The van der Waals surface area contributed by atoms with Crippen LogP contribution in [0.2, 0.25) is 0 Å². The zero-order valence-electron chi connectivity index (χ0n) is 12.0. The quantitative estimate of drug-likeness (QED) is 0.759. The van der Waals surface area contributed by atoms with Crippen molar-refractivity contribution in [3.8, 4) is 0 Å². The summed E-state index contributed by atoms with van der Waals surface area (Å²) >= 11 is 0. The fourth-order valence-corrected chi connectivity index (χ4v) is 3.11. The van der Waals surface area contributed by atoms with Crippen molar-refractivity contribution < 1.29 is 9.47 Å². The smallest absolute Gasteiger partial charge is 0.0990 e. The Morgan fingerprint density at radius 2 is 1.89 bits per heavy atom. The Morgan fingerprint density at radius 1 is 1.11 bits per heavy atom. The summed E-state index contributed by atoms with van der Waals surface area (Å²) in [7, 11) is 0. The third kappa shape index (κ3) is 3.69. The molecule has 3 nitrogen and oxygen atoms in total. The van der Waals surface area contributed by atoms with E-state index in [2.05, 4.69) is 19.2 Å². The second kappa shape index (κ2) is 7.46. The van der Waals surface area contributed by atoms with Crippen molar-refractivity contribution >= 4 is 0 Å². The second-order valence-electron chi connectivity index (χ2n) is 5.65. The van der Waals surface area contributed by atoms with Crippen LogP contribution in [0.3, 0.4) is 0 Å². The molecule has 3 heteroatoms. The molecule has 2 fully saturated rings. The number of hydrogen-bond acceptors (Lipinski definition) is 3. The van der Waals surface area contributed by atoms with Gasteiger partial charge in [-0.25, -0.2) is 0 Å². The van der Waals surface area contributed by atoms with Gasteiger partial charge in [-0.05, 0) is 39.2 Å². The van der Waals surface area contributed by atoms with E-state index in [1.807, 2.05) is 0 Å². The van der Waals surface area contributed by atoms with Crippen LogP contribution in [0.1, 0.15) is 58.8 Å². The van der Waals surface area contributed by atoms with Crippen molar-refractivity contribution in [2.75, 3.05) is 13.2 Å². The van der Waals surface area contributed by atoms with E-state index in [-0.39, 0.29) is 6.10 Å².